The minimum absolute atomic E-state index is 0.202. The molecule has 22 heavy (non-hydrogen) atoms. The monoisotopic (exact) mass is 339 g/mol. The van der Waals surface area contributed by atoms with Crippen molar-refractivity contribution in [3.8, 4) is 0 Å². The van der Waals surface area contributed by atoms with Crippen LogP contribution in [0.3, 0.4) is 0 Å². The Bertz CT molecular complexity index is 675. The number of pyridine rings is 2. The molecule has 1 unspecified atom stereocenters. The fourth-order valence-electron chi connectivity index (χ4n) is 1.46. The second-order valence-electron chi connectivity index (χ2n) is 4.27. The number of nitrogens with zero attached hydrogens (tertiary/aromatic N) is 2. The lowest BCUT2D eigenvalue weighted by atomic mass is 10.3. The number of hydrogen-bond acceptors (Lipinski definition) is 5. The summed E-state index contributed by atoms with van der Waals surface area (Å²) >= 11 is 11.3. The fourth-order valence-corrected chi connectivity index (χ4v) is 1.68. The van der Waals surface area contributed by atoms with E-state index in [1.165, 1.54) is 37.5 Å². The molecular formula is C14H11Cl2N3O3. The third-order valence-corrected chi connectivity index (χ3v) is 3.04. The van der Waals surface area contributed by atoms with E-state index in [-0.39, 0.29) is 10.7 Å². The van der Waals surface area contributed by atoms with Crippen LogP contribution in [0.2, 0.25) is 10.2 Å². The summed E-state index contributed by atoms with van der Waals surface area (Å²) in [5, 5.41) is 3.22. The summed E-state index contributed by atoms with van der Waals surface area (Å²) in [5.41, 5.74) is 0.202. The molecule has 0 saturated heterocycles. The predicted octanol–water partition coefficient (Wildman–Crippen LogP) is 2.97. The molecule has 2 heterocycles. The molecule has 0 aliphatic carbocycles. The lowest BCUT2D eigenvalue weighted by Gasteiger charge is -2.13. The molecule has 0 radical (unpaired) electrons. The maximum absolute atomic E-state index is 11.9. The van der Waals surface area contributed by atoms with Gasteiger partial charge in [-0.05, 0) is 31.2 Å². The van der Waals surface area contributed by atoms with Gasteiger partial charge in [0.05, 0.1) is 10.6 Å². The molecule has 2 aromatic heterocycles. The predicted molar refractivity (Wildman–Crippen MR) is 82.0 cm³/mol. The van der Waals surface area contributed by atoms with Crippen molar-refractivity contribution in [3.05, 3.63) is 52.4 Å². The van der Waals surface area contributed by atoms with E-state index in [2.05, 4.69) is 15.3 Å². The molecule has 0 aliphatic rings. The number of anilines is 1. The van der Waals surface area contributed by atoms with E-state index in [0.717, 1.165) is 0 Å². The number of esters is 1. The van der Waals surface area contributed by atoms with Gasteiger partial charge in [-0.15, -0.1) is 0 Å². The van der Waals surface area contributed by atoms with E-state index in [1.807, 2.05) is 0 Å². The lowest BCUT2D eigenvalue weighted by molar-refractivity contribution is -0.123. The minimum Gasteiger partial charge on any atom is -0.449 e. The summed E-state index contributed by atoms with van der Waals surface area (Å²) in [6.07, 6.45) is 1.67. The first-order chi connectivity index (χ1) is 10.5. The summed E-state index contributed by atoms with van der Waals surface area (Å²) < 4.78 is 5.05. The van der Waals surface area contributed by atoms with Gasteiger partial charge in [0, 0.05) is 12.4 Å². The Balaban J connectivity index is 1.94. The Hall–Kier alpha value is -2.18. The van der Waals surface area contributed by atoms with Crippen molar-refractivity contribution in [3.63, 3.8) is 0 Å². The summed E-state index contributed by atoms with van der Waals surface area (Å²) in [4.78, 5) is 31.5. The normalized spacial score (nSPS) is 11.6. The third kappa shape index (κ3) is 4.41. The molecule has 1 atom stereocenters. The van der Waals surface area contributed by atoms with E-state index < -0.39 is 18.0 Å². The van der Waals surface area contributed by atoms with Crippen molar-refractivity contribution in [2.24, 2.45) is 0 Å². The Morgan fingerprint density at radius 1 is 1.14 bits per heavy atom. The average molecular weight is 340 g/mol. The average Bonchev–Trinajstić information content (AvgIpc) is 2.50. The van der Waals surface area contributed by atoms with Crippen molar-refractivity contribution < 1.29 is 14.3 Å². The number of hydrogen-bond donors (Lipinski definition) is 1. The van der Waals surface area contributed by atoms with Gasteiger partial charge in [0.1, 0.15) is 11.0 Å². The van der Waals surface area contributed by atoms with E-state index in [0.29, 0.717) is 10.8 Å². The van der Waals surface area contributed by atoms with Crippen LogP contribution >= 0.6 is 23.2 Å². The molecule has 0 bridgehead atoms. The first-order valence-electron chi connectivity index (χ1n) is 6.20. The van der Waals surface area contributed by atoms with Gasteiger partial charge in [-0.3, -0.25) is 4.79 Å². The summed E-state index contributed by atoms with van der Waals surface area (Å²) in [6, 6.07) is 6.04. The molecule has 114 valence electrons. The number of nitrogens with one attached hydrogen (secondary N) is 1. The number of amides is 1. The number of rotatable bonds is 4. The smallest absolute Gasteiger partial charge is 0.340 e. The third-order valence-electron chi connectivity index (χ3n) is 2.59. The molecule has 8 heteroatoms. The van der Waals surface area contributed by atoms with Crippen LogP contribution in [-0.4, -0.2) is 27.9 Å². The van der Waals surface area contributed by atoms with Crippen LogP contribution < -0.4 is 5.32 Å². The first kappa shape index (κ1) is 16.2. The van der Waals surface area contributed by atoms with Crippen LogP contribution in [0, 0.1) is 0 Å². The van der Waals surface area contributed by atoms with Crippen molar-refractivity contribution in [2.45, 2.75) is 13.0 Å². The highest BCUT2D eigenvalue weighted by Crippen LogP contribution is 2.11. The first-order valence-corrected chi connectivity index (χ1v) is 6.96. The van der Waals surface area contributed by atoms with Gasteiger partial charge in [0.15, 0.2) is 6.10 Å². The lowest BCUT2D eigenvalue weighted by Crippen LogP contribution is -2.30. The second-order valence-corrected chi connectivity index (χ2v) is 5.09. The van der Waals surface area contributed by atoms with E-state index >= 15 is 0 Å². The van der Waals surface area contributed by atoms with Gasteiger partial charge in [-0.2, -0.15) is 0 Å². The van der Waals surface area contributed by atoms with Gasteiger partial charge in [-0.25, -0.2) is 14.8 Å². The fraction of sp³-hybridized carbons (Fsp3) is 0.143. The molecule has 2 rings (SSSR count). The molecule has 0 spiro atoms. The van der Waals surface area contributed by atoms with Gasteiger partial charge in [-0.1, -0.05) is 23.2 Å². The van der Waals surface area contributed by atoms with Crippen LogP contribution in [0.4, 0.5) is 5.82 Å². The van der Waals surface area contributed by atoms with E-state index in [4.69, 9.17) is 27.9 Å². The molecule has 6 nitrogen and oxygen atoms in total. The summed E-state index contributed by atoms with van der Waals surface area (Å²) in [5.74, 6) is -0.869. The molecule has 2 aromatic rings. The maximum atomic E-state index is 11.9. The maximum Gasteiger partial charge on any atom is 0.340 e. The van der Waals surface area contributed by atoms with Crippen LogP contribution in [0.5, 0.6) is 0 Å². The van der Waals surface area contributed by atoms with Crippen molar-refractivity contribution in [2.75, 3.05) is 5.32 Å². The zero-order valence-electron chi connectivity index (χ0n) is 11.4. The van der Waals surface area contributed by atoms with Gasteiger partial charge in [0.25, 0.3) is 5.91 Å². The number of ether oxygens (including phenoxy) is 1. The number of halogens is 2. The number of carbonyl (C=O) groups excluding carboxylic acids is 2. The zero-order valence-corrected chi connectivity index (χ0v) is 12.9. The largest absolute Gasteiger partial charge is 0.449 e. The van der Waals surface area contributed by atoms with Crippen LogP contribution in [-0.2, 0) is 9.53 Å². The Morgan fingerprint density at radius 2 is 1.91 bits per heavy atom. The quantitative estimate of drug-likeness (QED) is 0.684. The highest BCUT2D eigenvalue weighted by molar-refractivity contribution is 6.30. The molecule has 0 aliphatic heterocycles. The molecule has 0 fully saturated rings. The minimum atomic E-state index is -0.999. The van der Waals surface area contributed by atoms with E-state index in [1.54, 1.807) is 6.07 Å². The molecule has 1 N–H and O–H groups in total. The molecular weight excluding hydrogens is 329 g/mol. The standard InChI is InChI=1S/C14H11Cl2N3O3/c1-8(13(20)19-12-5-3-10(15)7-18-12)22-14(21)9-2-4-11(16)17-6-9/h2-8H,1H3,(H,18,19,20). The molecule has 0 aromatic carbocycles. The number of carbonyl (C=O) groups is 2. The molecule has 0 saturated carbocycles. The highest BCUT2D eigenvalue weighted by atomic mass is 35.5. The summed E-state index contributed by atoms with van der Waals surface area (Å²) in [7, 11) is 0. The second kappa shape index (κ2) is 7.20. The zero-order chi connectivity index (χ0) is 16.1. The van der Waals surface area contributed by atoms with Crippen LogP contribution in [0.25, 0.3) is 0 Å². The summed E-state index contributed by atoms with van der Waals surface area (Å²) in [6.45, 7) is 1.45. The van der Waals surface area contributed by atoms with Gasteiger partial charge in [0.2, 0.25) is 0 Å². The topological polar surface area (TPSA) is 81.2 Å². The Morgan fingerprint density at radius 3 is 2.50 bits per heavy atom. The van der Waals surface area contributed by atoms with Gasteiger partial charge < -0.3 is 10.1 Å². The van der Waals surface area contributed by atoms with Crippen LogP contribution in [0.1, 0.15) is 17.3 Å². The molecule has 1 amide bonds. The Labute approximate surface area is 136 Å². The van der Waals surface area contributed by atoms with Gasteiger partial charge >= 0.3 is 5.97 Å². The highest BCUT2D eigenvalue weighted by Gasteiger charge is 2.19. The van der Waals surface area contributed by atoms with Crippen molar-refractivity contribution in [1.29, 1.82) is 0 Å². The number of aromatic nitrogens is 2. The Kier molecular flexibility index (Phi) is 5.30. The van der Waals surface area contributed by atoms with Crippen LogP contribution in [0.15, 0.2) is 36.7 Å². The van der Waals surface area contributed by atoms with Crippen molar-refractivity contribution >= 4 is 40.9 Å². The van der Waals surface area contributed by atoms with Crippen molar-refractivity contribution in [1.82, 2.24) is 9.97 Å². The SMILES string of the molecule is CC(OC(=O)c1ccc(Cl)nc1)C(=O)Nc1ccc(Cl)cn1. The van der Waals surface area contributed by atoms with E-state index in [9.17, 15) is 9.59 Å².